The molecule has 1 aromatic carbocycles. The van der Waals surface area contributed by atoms with E-state index in [0.29, 0.717) is 10.6 Å². The second-order valence-electron chi connectivity index (χ2n) is 4.76. The van der Waals surface area contributed by atoms with Crippen molar-refractivity contribution >= 4 is 23.4 Å². The lowest BCUT2D eigenvalue weighted by Gasteiger charge is -2.20. The van der Waals surface area contributed by atoms with E-state index in [4.69, 9.17) is 11.6 Å². The minimum absolute atomic E-state index is 0.0142. The molecule has 0 saturated heterocycles. The van der Waals surface area contributed by atoms with Crippen LogP contribution in [0.15, 0.2) is 24.3 Å². The Morgan fingerprint density at radius 3 is 2.42 bits per heavy atom. The van der Waals surface area contributed by atoms with Crippen molar-refractivity contribution in [1.82, 2.24) is 10.9 Å². The Labute approximate surface area is 117 Å². The van der Waals surface area contributed by atoms with Gasteiger partial charge in [0, 0.05) is 5.92 Å². The van der Waals surface area contributed by atoms with Gasteiger partial charge in [0.15, 0.2) is 0 Å². The molecule has 0 atom stereocenters. The Morgan fingerprint density at radius 1 is 1.05 bits per heavy atom. The molecule has 1 aliphatic carbocycles. The lowest BCUT2D eigenvalue weighted by Crippen LogP contribution is -2.45. The lowest BCUT2D eigenvalue weighted by atomic mass is 9.89. The first-order valence-electron chi connectivity index (χ1n) is 6.53. The van der Waals surface area contributed by atoms with Gasteiger partial charge in [-0.15, -0.1) is 0 Å². The molecule has 0 radical (unpaired) electrons. The molecule has 102 valence electrons. The summed E-state index contributed by atoms with van der Waals surface area (Å²) in [5.41, 5.74) is 5.25. The van der Waals surface area contributed by atoms with Crippen LogP contribution in [0.5, 0.6) is 0 Å². The third kappa shape index (κ3) is 3.70. The molecule has 19 heavy (non-hydrogen) atoms. The third-order valence-electron chi connectivity index (χ3n) is 3.39. The molecular formula is C14H17ClN2O2. The maximum absolute atomic E-state index is 11.9. The number of rotatable bonds is 2. The first-order valence-corrected chi connectivity index (χ1v) is 6.91. The molecule has 0 heterocycles. The molecule has 4 nitrogen and oxygen atoms in total. The van der Waals surface area contributed by atoms with Gasteiger partial charge in [-0.05, 0) is 25.0 Å². The normalized spacial score (nSPS) is 15.8. The van der Waals surface area contributed by atoms with Crippen molar-refractivity contribution in [2.75, 3.05) is 0 Å². The van der Waals surface area contributed by atoms with Crippen LogP contribution in [0, 0.1) is 5.92 Å². The standard InChI is InChI=1S/C14H17ClN2O2/c15-12-9-5-4-8-11(12)14(19)17-16-13(18)10-6-2-1-3-7-10/h4-5,8-10H,1-3,6-7H2,(H,16,18)(H,17,19). The Morgan fingerprint density at radius 2 is 1.74 bits per heavy atom. The van der Waals surface area contributed by atoms with Crippen molar-refractivity contribution in [2.24, 2.45) is 5.92 Å². The molecular weight excluding hydrogens is 264 g/mol. The van der Waals surface area contributed by atoms with Crippen LogP contribution in [0.4, 0.5) is 0 Å². The van der Waals surface area contributed by atoms with Crippen molar-refractivity contribution in [3.63, 3.8) is 0 Å². The van der Waals surface area contributed by atoms with Gasteiger partial charge in [0.2, 0.25) is 5.91 Å². The second kappa shape index (κ2) is 6.57. The number of hydrogen-bond donors (Lipinski definition) is 2. The molecule has 2 amide bonds. The number of carbonyl (C=O) groups is 2. The topological polar surface area (TPSA) is 58.2 Å². The quantitative estimate of drug-likeness (QED) is 0.818. The molecule has 0 aliphatic heterocycles. The highest BCUT2D eigenvalue weighted by atomic mass is 35.5. The van der Waals surface area contributed by atoms with E-state index in [1.807, 2.05) is 0 Å². The van der Waals surface area contributed by atoms with E-state index in [9.17, 15) is 9.59 Å². The third-order valence-corrected chi connectivity index (χ3v) is 3.72. The van der Waals surface area contributed by atoms with E-state index in [-0.39, 0.29) is 11.8 Å². The SMILES string of the molecule is O=C(NNC(=O)C1CCCCC1)c1ccccc1Cl. The van der Waals surface area contributed by atoms with E-state index in [1.165, 1.54) is 6.42 Å². The number of hydrogen-bond acceptors (Lipinski definition) is 2. The van der Waals surface area contributed by atoms with Crippen LogP contribution in [0.3, 0.4) is 0 Å². The van der Waals surface area contributed by atoms with Crippen molar-refractivity contribution in [3.05, 3.63) is 34.9 Å². The van der Waals surface area contributed by atoms with Gasteiger partial charge >= 0.3 is 0 Å². The number of carbonyl (C=O) groups excluding carboxylic acids is 2. The maximum Gasteiger partial charge on any atom is 0.271 e. The largest absolute Gasteiger partial charge is 0.273 e. The summed E-state index contributed by atoms with van der Waals surface area (Å²) in [7, 11) is 0. The number of halogens is 1. The van der Waals surface area contributed by atoms with Gasteiger partial charge in [-0.1, -0.05) is 43.0 Å². The summed E-state index contributed by atoms with van der Waals surface area (Å²) in [5.74, 6) is -0.491. The summed E-state index contributed by atoms with van der Waals surface area (Å²) in [6.45, 7) is 0. The van der Waals surface area contributed by atoms with E-state index in [2.05, 4.69) is 10.9 Å². The predicted molar refractivity (Wildman–Crippen MR) is 73.6 cm³/mol. The molecule has 0 spiro atoms. The number of nitrogens with one attached hydrogen (secondary N) is 2. The molecule has 2 N–H and O–H groups in total. The van der Waals surface area contributed by atoms with Crippen molar-refractivity contribution in [3.8, 4) is 0 Å². The van der Waals surface area contributed by atoms with Crippen LogP contribution < -0.4 is 10.9 Å². The summed E-state index contributed by atoms with van der Waals surface area (Å²) >= 11 is 5.91. The number of benzene rings is 1. The van der Waals surface area contributed by atoms with E-state index in [1.54, 1.807) is 24.3 Å². The van der Waals surface area contributed by atoms with E-state index >= 15 is 0 Å². The summed E-state index contributed by atoms with van der Waals surface area (Å²) < 4.78 is 0. The smallest absolute Gasteiger partial charge is 0.271 e. The second-order valence-corrected chi connectivity index (χ2v) is 5.17. The van der Waals surface area contributed by atoms with E-state index in [0.717, 1.165) is 25.7 Å². The maximum atomic E-state index is 11.9. The Hall–Kier alpha value is -1.55. The van der Waals surface area contributed by atoms with Gasteiger partial charge in [-0.2, -0.15) is 0 Å². The average Bonchev–Trinajstić information content (AvgIpc) is 2.46. The van der Waals surface area contributed by atoms with Gasteiger partial charge in [0.1, 0.15) is 0 Å². The van der Waals surface area contributed by atoms with Gasteiger partial charge in [-0.3, -0.25) is 20.4 Å². The number of hydrazine groups is 1. The highest BCUT2D eigenvalue weighted by Gasteiger charge is 2.21. The number of amides is 2. The molecule has 1 fully saturated rings. The molecule has 0 unspecified atom stereocenters. The molecule has 1 saturated carbocycles. The van der Waals surface area contributed by atoms with Crippen molar-refractivity contribution in [2.45, 2.75) is 32.1 Å². The first-order chi connectivity index (χ1) is 9.18. The van der Waals surface area contributed by atoms with Crippen molar-refractivity contribution in [1.29, 1.82) is 0 Å². The van der Waals surface area contributed by atoms with Crippen LogP contribution in [0.1, 0.15) is 42.5 Å². The predicted octanol–water partition coefficient (Wildman–Crippen LogP) is 2.68. The van der Waals surface area contributed by atoms with Gasteiger partial charge in [0.05, 0.1) is 10.6 Å². The van der Waals surface area contributed by atoms with Crippen LogP contribution in [0.2, 0.25) is 5.02 Å². The Kier molecular flexibility index (Phi) is 4.80. The van der Waals surface area contributed by atoms with Crippen LogP contribution in [-0.4, -0.2) is 11.8 Å². The summed E-state index contributed by atoms with van der Waals surface area (Å²) in [6, 6.07) is 6.73. The van der Waals surface area contributed by atoms with Crippen LogP contribution >= 0.6 is 11.6 Å². The summed E-state index contributed by atoms with van der Waals surface area (Å²) in [5, 5.41) is 0.368. The van der Waals surface area contributed by atoms with Crippen LogP contribution in [-0.2, 0) is 4.79 Å². The minimum Gasteiger partial charge on any atom is -0.273 e. The highest BCUT2D eigenvalue weighted by molar-refractivity contribution is 6.33. The van der Waals surface area contributed by atoms with Gasteiger partial charge in [-0.25, -0.2) is 0 Å². The Bertz CT molecular complexity index is 470. The monoisotopic (exact) mass is 280 g/mol. The van der Waals surface area contributed by atoms with Crippen molar-refractivity contribution < 1.29 is 9.59 Å². The molecule has 5 heteroatoms. The molecule has 1 aliphatic rings. The summed E-state index contributed by atoms with van der Waals surface area (Å²) in [4.78, 5) is 23.7. The van der Waals surface area contributed by atoms with Crippen LogP contribution in [0.25, 0.3) is 0 Å². The zero-order valence-electron chi connectivity index (χ0n) is 10.6. The van der Waals surface area contributed by atoms with Gasteiger partial charge < -0.3 is 0 Å². The zero-order chi connectivity index (χ0) is 13.7. The fourth-order valence-corrected chi connectivity index (χ4v) is 2.52. The Balaban J connectivity index is 1.86. The van der Waals surface area contributed by atoms with Gasteiger partial charge in [0.25, 0.3) is 5.91 Å². The molecule has 0 aromatic heterocycles. The van der Waals surface area contributed by atoms with E-state index < -0.39 is 5.91 Å². The lowest BCUT2D eigenvalue weighted by molar-refractivity contribution is -0.126. The fourth-order valence-electron chi connectivity index (χ4n) is 2.30. The minimum atomic E-state index is -0.394. The molecule has 2 rings (SSSR count). The zero-order valence-corrected chi connectivity index (χ0v) is 11.4. The highest BCUT2D eigenvalue weighted by Crippen LogP contribution is 2.23. The first kappa shape index (κ1) is 13.9. The average molecular weight is 281 g/mol. The molecule has 0 bridgehead atoms. The fraction of sp³-hybridized carbons (Fsp3) is 0.429. The summed E-state index contributed by atoms with van der Waals surface area (Å²) in [6.07, 6.45) is 5.14. The molecule has 1 aromatic rings.